The second kappa shape index (κ2) is 5.33. The smallest absolute Gasteiger partial charge is 0.241 e. The summed E-state index contributed by atoms with van der Waals surface area (Å²) in [6.07, 6.45) is 5.87. The van der Waals surface area contributed by atoms with Crippen molar-refractivity contribution < 1.29 is 4.52 Å². The largest absolute Gasteiger partial charge is 0.338 e. The summed E-state index contributed by atoms with van der Waals surface area (Å²) < 4.78 is 5.22. The minimum absolute atomic E-state index is 0.0900. The molecule has 3 rings (SSSR count). The maximum Gasteiger partial charge on any atom is 0.241 e. The van der Waals surface area contributed by atoms with Crippen molar-refractivity contribution in [2.75, 3.05) is 0 Å². The molecule has 1 aliphatic carbocycles. The van der Waals surface area contributed by atoms with Crippen LogP contribution in [-0.2, 0) is 11.3 Å². The first-order valence-electron chi connectivity index (χ1n) is 6.80. The summed E-state index contributed by atoms with van der Waals surface area (Å²) in [6.45, 7) is 0. The van der Waals surface area contributed by atoms with Gasteiger partial charge in [0, 0.05) is 0 Å². The summed E-state index contributed by atoms with van der Waals surface area (Å²) in [6, 6.07) is 10.5. The molecule has 1 aromatic carbocycles. The van der Waals surface area contributed by atoms with Crippen molar-refractivity contribution in [2.45, 2.75) is 43.4 Å². The Kier molecular flexibility index (Phi) is 3.56. The van der Waals surface area contributed by atoms with E-state index in [0.29, 0.717) is 5.89 Å². The number of hydrogen-bond acceptors (Lipinski definition) is 3. The van der Waals surface area contributed by atoms with Crippen LogP contribution >= 0.6 is 11.6 Å². The molecule has 100 valence electrons. The molecule has 0 amide bonds. The molecule has 0 aliphatic heterocycles. The molecule has 1 aromatic heterocycles. The molecule has 19 heavy (non-hydrogen) atoms. The third-order valence-electron chi connectivity index (χ3n) is 4.04. The van der Waals surface area contributed by atoms with Crippen molar-refractivity contribution >= 4 is 11.6 Å². The van der Waals surface area contributed by atoms with Crippen LogP contribution < -0.4 is 0 Å². The van der Waals surface area contributed by atoms with E-state index in [1.54, 1.807) is 0 Å². The second-order valence-electron chi connectivity index (χ2n) is 5.15. The molecule has 0 unspecified atom stereocenters. The average Bonchev–Trinajstić information content (AvgIpc) is 2.98. The molecule has 1 fully saturated rings. The van der Waals surface area contributed by atoms with E-state index < -0.39 is 0 Å². The summed E-state index contributed by atoms with van der Waals surface area (Å²) in [5.41, 5.74) is 1.20. The monoisotopic (exact) mass is 276 g/mol. The van der Waals surface area contributed by atoms with Crippen LogP contribution in [0.25, 0.3) is 0 Å². The molecule has 0 saturated heterocycles. The molecular formula is C15H17ClN2O. The van der Waals surface area contributed by atoms with E-state index in [2.05, 4.69) is 34.4 Å². The summed E-state index contributed by atoms with van der Waals surface area (Å²) in [4.78, 5) is 4.49. The lowest BCUT2D eigenvalue weighted by molar-refractivity contribution is 0.310. The first-order valence-corrected chi connectivity index (χ1v) is 7.33. The Hall–Kier alpha value is -1.35. The van der Waals surface area contributed by atoms with Gasteiger partial charge in [-0.15, -0.1) is 11.6 Å². The molecular weight excluding hydrogens is 260 g/mol. The minimum atomic E-state index is -0.0900. The van der Waals surface area contributed by atoms with E-state index in [4.69, 9.17) is 16.1 Å². The van der Waals surface area contributed by atoms with Gasteiger partial charge in [0.05, 0.1) is 5.41 Å². The third-order valence-corrected chi connectivity index (χ3v) is 4.27. The number of rotatable bonds is 3. The highest BCUT2D eigenvalue weighted by Gasteiger charge is 2.39. The predicted molar refractivity (Wildman–Crippen MR) is 74.2 cm³/mol. The Labute approximate surface area is 118 Å². The number of aromatic nitrogens is 2. The van der Waals surface area contributed by atoms with Crippen LogP contribution in [0.3, 0.4) is 0 Å². The van der Waals surface area contributed by atoms with Gasteiger partial charge in [0.2, 0.25) is 5.89 Å². The summed E-state index contributed by atoms with van der Waals surface area (Å²) in [5, 5.41) is 4.19. The van der Waals surface area contributed by atoms with E-state index in [9.17, 15) is 0 Å². The van der Waals surface area contributed by atoms with E-state index in [0.717, 1.165) is 18.7 Å². The van der Waals surface area contributed by atoms with E-state index >= 15 is 0 Å². The Morgan fingerprint density at radius 3 is 2.47 bits per heavy atom. The Bertz CT molecular complexity index is 532. The first kappa shape index (κ1) is 12.7. The molecule has 0 atom stereocenters. The zero-order valence-corrected chi connectivity index (χ0v) is 11.6. The van der Waals surface area contributed by atoms with Crippen molar-refractivity contribution in [3.8, 4) is 0 Å². The van der Waals surface area contributed by atoms with Gasteiger partial charge < -0.3 is 4.52 Å². The fraction of sp³-hybridized carbons (Fsp3) is 0.467. The second-order valence-corrected chi connectivity index (χ2v) is 5.42. The molecule has 2 aromatic rings. The van der Waals surface area contributed by atoms with Crippen LogP contribution in [0.5, 0.6) is 0 Å². The van der Waals surface area contributed by atoms with Gasteiger partial charge >= 0.3 is 0 Å². The van der Waals surface area contributed by atoms with Crippen molar-refractivity contribution in [1.29, 1.82) is 0 Å². The van der Waals surface area contributed by atoms with E-state index in [-0.39, 0.29) is 11.3 Å². The number of halogens is 1. The SMILES string of the molecule is ClCc1nc(C2(c3ccccc3)CCCCC2)no1. The highest BCUT2D eigenvalue weighted by molar-refractivity contribution is 6.16. The third kappa shape index (κ3) is 2.27. The van der Waals surface area contributed by atoms with Crippen molar-refractivity contribution in [1.82, 2.24) is 10.1 Å². The van der Waals surface area contributed by atoms with Crippen molar-refractivity contribution in [2.24, 2.45) is 0 Å². The molecule has 1 saturated carbocycles. The van der Waals surface area contributed by atoms with E-state index in [1.807, 2.05) is 6.07 Å². The summed E-state index contributed by atoms with van der Waals surface area (Å²) >= 11 is 5.77. The maximum absolute atomic E-state index is 5.77. The minimum Gasteiger partial charge on any atom is -0.338 e. The zero-order valence-electron chi connectivity index (χ0n) is 10.8. The summed E-state index contributed by atoms with van der Waals surface area (Å²) in [7, 11) is 0. The highest BCUT2D eigenvalue weighted by Crippen LogP contribution is 2.43. The Morgan fingerprint density at radius 1 is 1.11 bits per heavy atom. The lowest BCUT2D eigenvalue weighted by atomic mass is 9.69. The van der Waals surface area contributed by atoms with Gasteiger partial charge in [0.25, 0.3) is 0 Å². The van der Waals surface area contributed by atoms with Crippen LogP contribution in [0.1, 0.15) is 49.4 Å². The molecule has 1 aliphatic rings. The number of hydrogen-bond donors (Lipinski definition) is 0. The van der Waals surface area contributed by atoms with Crippen molar-refractivity contribution in [3.05, 3.63) is 47.6 Å². The van der Waals surface area contributed by atoms with Crippen LogP contribution in [0, 0.1) is 0 Å². The zero-order chi connectivity index (χ0) is 13.1. The molecule has 3 nitrogen and oxygen atoms in total. The highest BCUT2D eigenvalue weighted by atomic mass is 35.5. The lowest BCUT2D eigenvalue weighted by Gasteiger charge is -2.34. The van der Waals surface area contributed by atoms with Crippen molar-refractivity contribution in [3.63, 3.8) is 0 Å². The van der Waals surface area contributed by atoms with Gasteiger partial charge in [-0.05, 0) is 18.4 Å². The normalized spacial score (nSPS) is 18.4. The lowest BCUT2D eigenvalue weighted by Crippen LogP contribution is -2.31. The van der Waals surface area contributed by atoms with Gasteiger partial charge in [-0.25, -0.2) is 0 Å². The Morgan fingerprint density at radius 2 is 1.84 bits per heavy atom. The number of alkyl halides is 1. The quantitative estimate of drug-likeness (QED) is 0.794. The topological polar surface area (TPSA) is 38.9 Å². The fourth-order valence-corrected chi connectivity index (χ4v) is 3.17. The molecule has 0 bridgehead atoms. The van der Waals surface area contributed by atoms with Crippen LogP contribution in [0.15, 0.2) is 34.9 Å². The Balaban J connectivity index is 2.06. The molecule has 0 N–H and O–H groups in total. The van der Waals surface area contributed by atoms with E-state index in [1.165, 1.54) is 24.8 Å². The first-order chi connectivity index (χ1) is 9.35. The van der Waals surface area contributed by atoms with Gasteiger partial charge in [-0.1, -0.05) is 54.8 Å². The fourth-order valence-electron chi connectivity index (χ4n) is 3.06. The predicted octanol–water partition coefficient (Wildman–Crippen LogP) is 4.06. The van der Waals surface area contributed by atoms with Crippen LogP contribution in [-0.4, -0.2) is 10.1 Å². The maximum atomic E-state index is 5.77. The van der Waals surface area contributed by atoms with Gasteiger partial charge in [0.1, 0.15) is 5.88 Å². The molecule has 0 spiro atoms. The molecule has 4 heteroatoms. The summed E-state index contributed by atoms with van der Waals surface area (Å²) in [5.74, 6) is 1.59. The van der Waals surface area contributed by atoms with Gasteiger partial charge in [0.15, 0.2) is 5.82 Å². The van der Waals surface area contributed by atoms with Crippen LogP contribution in [0.4, 0.5) is 0 Å². The molecule has 1 heterocycles. The number of nitrogens with zero attached hydrogens (tertiary/aromatic N) is 2. The standard InChI is InChI=1S/C15H17ClN2O/c16-11-13-17-14(18-19-13)15(9-5-2-6-10-15)12-7-3-1-4-8-12/h1,3-4,7-8H,2,5-6,9-11H2. The average molecular weight is 277 g/mol. The molecule has 0 radical (unpaired) electrons. The number of benzene rings is 1. The van der Waals surface area contributed by atoms with Crippen LogP contribution in [0.2, 0.25) is 0 Å². The van der Waals surface area contributed by atoms with Gasteiger partial charge in [-0.2, -0.15) is 4.98 Å². The van der Waals surface area contributed by atoms with Gasteiger partial charge in [-0.3, -0.25) is 0 Å².